The van der Waals surface area contributed by atoms with Gasteiger partial charge in [0.15, 0.2) is 11.5 Å². The van der Waals surface area contributed by atoms with E-state index < -0.39 is 17.0 Å². The van der Waals surface area contributed by atoms with Gasteiger partial charge in [-0.25, -0.2) is 4.79 Å². The zero-order chi connectivity index (χ0) is 15.9. The smallest absolute Gasteiger partial charge is 0.336 e. The van der Waals surface area contributed by atoms with Gasteiger partial charge < -0.3 is 13.6 Å². The minimum Gasteiger partial charge on any atom is -0.460 e. The van der Waals surface area contributed by atoms with Crippen LogP contribution >= 0.6 is 0 Å². The summed E-state index contributed by atoms with van der Waals surface area (Å²) in [6.07, 6.45) is 3.97. The average Bonchev–Trinajstić information content (AvgIpc) is 2.98. The van der Waals surface area contributed by atoms with Gasteiger partial charge in [0.2, 0.25) is 0 Å². The van der Waals surface area contributed by atoms with Crippen LogP contribution in [0, 0.1) is 0 Å². The maximum Gasteiger partial charge on any atom is 0.336 e. The summed E-state index contributed by atoms with van der Waals surface area (Å²) in [5.74, 6) is -0.289. The van der Waals surface area contributed by atoms with E-state index >= 15 is 0 Å². The van der Waals surface area contributed by atoms with Crippen molar-refractivity contribution < 1.29 is 18.4 Å². The van der Waals surface area contributed by atoms with Gasteiger partial charge in [0.1, 0.15) is 5.60 Å². The summed E-state index contributed by atoms with van der Waals surface area (Å²) in [5, 5.41) is 0. The van der Waals surface area contributed by atoms with Crippen LogP contribution < -0.4 is 5.63 Å². The van der Waals surface area contributed by atoms with Crippen LogP contribution in [0.4, 0.5) is 0 Å². The zero-order valence-corrected chi connectivity index (χ0v) is 12.6. The summed E-state index contributed by atoms with van der Waals surface area (Å²) in [7, 11) is 1.57. The van der Waals surface area contributed by atoms with Gasteiger partial charge in [-0.1, -0.05) is 11.6 Å². The number of allylic oxidation sites excluding steroid dienone is 1. The molecule has 2 aromatic heterocycles. The lowest BCUT2D eigenvalue weighted by molar-refractivity contribution is 0.0173. The number of carbonyl (C=O) groups is 1. The van der Waals surface area contributed by atoms with Crippen molar-refractivity contribution >= 4 is 5.78 Å². The molecule has 0 amide bonds. The Balaban J connectivity index is 2.32. The molecule has 2 aromatic rings. The highest BCUT2D eigenvalue weighted by Crippen LogP contribution is 2.45. The van der Waals surface area contributed by atoms with Crippen LogP contribution in [0.25, 0.3) is 0 Å². The van der Waals surface area contributed by atoms with E-state index in [1.807, 2.05) is 19.9 Å². The quantitative estimate of drug-likeness (QED) is 0.815. The van der Waals surface area contributed by atoms with Gasteiger partial charge in [0.25, 0.3) is 5.78 Å². The Hall–Kier alpha value is -2.40. The molecule has 114 valence electrons. The highest BCUT2D eigenvalue weighted by Gasteiger charge is 2.47. The Kier molecular flexibility index (Phi) is 3.37. The van der Waals surface area contributed by atoms with Crippen molar-refractivity contribution in [2.75, 3.05) is 7.11 Å². The molecule has 0 saturated carbocycles. The molecule has 0 spiro atoms. The van der Waals surface area contributed by atoms with Gasteiger partial charge in [0, 0.05) is 30.7 Å². The molecule has 0 unspecified atom stereocenters. The maximum atomic E-state index is 12.5. The molecule has 0 saturated heterocycles. The predicted molar refractivity (Wildman–Crippen MR) is 79.0 cm³/mol. The van der Waals surface area contributed by atoms with E-state index in [0.29, 0.717) is 17.5 Å². The van der Waals surface area contributed by atoms with E-state index in [0.717, 1.165) is 5.57 Å². The monoisotopic (exact) mass is 300 g/mol. The summed E-state index contributed by atoms with van der Waals surface area (Å²) in [5.41, 5.74) is 0.844. The number of rotatable bonds is 3. The van der Waals surface area contributed by atoms with Crippen LogP contribution in [0.15, 0.2) is 49.7 Å². The summed E-state index contributed by atoms with van der Waals surface area (Å²) in [4.78, 5) is 24.0. The van der Waals surface area contributed by atoms with Crippen molar-refractivity contribution in [3.05, 3.63) is 69.2 Å². The molecule has 2 heterocycles. The van der Waals surface area contributed by atoms with Crippen molar-refractivity contribution in [3.63, 3.8) is 0 Å². The molecule has 5 heteroatoms. The van der Waals surface area contributed by atoms with Gasteiger partial charge in [0.05, 0.1) is 6.26 Å². The number of hydrogen-bond acceptors (Lipinski definition) is 5. The molecule has 22 heavy (non-hydrogen) atoms. The number of ketones is 1. The SMILES string of the molecule is CO[C@@]1(CC=C(C)C)c2ccoc2C(=O)c2oc(=O)ccc21. The molecule has 3 rings (SSSR count). The Morgan fingerprint density at radius 2 is 1.91 bits per heavy atom. The number of furan rings is 1. The lowest BCUT2D eigenvalue weighted by Crippen LogP contribution is -2.37. The van der Waals surface area contributed by atoms with Gasteiger partial charge >= 0.3 is 5.63 Å². The maximum absolute atomic E-state index is 12.5. The fourth-order valence-electron chi connectivity index (χ4n) is 2.83. The standard InChI is InChI=1S/C17H16O5/c1-10(2)6-8-17(20-3)11-4-5-13(18)22-16(11)14(19)15-12(17)7-9-21-15/h4-7,9H,8H2,1-3H3/t17-/m1/s1. The molecule has 1 aliphatic carbocycles. The number of methoxy groups -OCH3 is 1. The average molecular weight is 300 g/mol. The number of fused-ring (bicyclic) bond motifs is 2. The van der Waals surface area contributed by atoms with E-state index in [9.17, 15) is 9.59 Å². The number of ether oxygens (including phenoxy) is 1. The minimum atomic E-state index is -0.903. The Bertz CT molecular complexity index is 820. The summed E-state index contributed by atoms with van der Waals surface area (Å²) >= 11 is 0. The first-order chi connectivity index (χ1) is 10.5. The van der Waals surface area contributed by atoms with Gasteiger partial charge in [-0.05, 0) is 26.0 Å². The van der Waals surface area contributed by atoms with E-state index in [2.05, 4.69) is 0 Å². The van der Waals surface area contributed by atoms with E-state index in [4.69, 9.17) is 13.6 Å². The number of carbonyl (C=O) groups excluding carboxylic acids is 1. The fraction of sp³-hybridized carbons (Fsp3) is 0.294. The Morgan fingerprint density at radius 1 is 1.18 bits per heavy atom. The van der Waals surface area contributed by atoms with Crippen LogP contribution in [-0.2, 0) is 10.3 Å². The number of hydrogen-bond donors (Lipinski definition) is 0. The molecule has 0 aliphatic heterocycles. The topological polar surface area (TPSA) is 69.7 Å². The summed E-state index contributed by atoms with van der Waals surface area (Å²) in [6, 6.07) is 4.62. The molecular weight excluding hydrogens is 284 g/mol. The zero-order valence-electron chi connectivity index (χ0n) is 12.6. The second-order valence-electron chi connectivity index (χ2n) is 5.51. The van der Waals surface area contributed by atoms with Crippen molar-refractivity contribution in [3.8, 4) is 0 Å². The van der Waals surface area contributed by atoms with E-state index in [1.165, 1.54) is 12.3 Å². The first-order valence-electron chi connectivity index (χ1n) is 6.95. The van der Waals surface area contributed by atoms with Gasteiger partial charge in [-0.2, -0.15) is 0 Å². The van der Waals surface area contributed by atoms with Gasteiger partial charge in [-0.15, -0.1) is 0 Å². The third-order valence-electron chi connectivity index (χ3n) is 3.93. The lowest BCUT2D eigenvalue weighted by Gasteiger charge is -2.35. The first kappa shape index (κ1) is 14.5. The van der Waals surface area contributed by atoms with Crippen molar-refractivity contribution in [2.45, 2.75) is 25.9 Å². The molecule has 0 N–H and O–H groups in total. The van der Waals surface area contributed by atoms with Gasteiger partial charge in [-0.3, -0.25) is 4.79 Å². The Labute approximate surface area is 127 Å². The highest BCUT2D eigenvalue weighted by atomic mass is 16.5. The second kappa shape index (κ2) is 5.10. The molecule has 5 nitrogen and oxygen atoms in total. The van der Waals surface area contributed by atoms with Crippen LogP contribution in [0.2, 0.25) is 0 Å². The molecule has 1 atom stereocenters. The van der Waals surface area contributed by atoms with Crippen molar-refractivity contribution in [1.82, 2.24) is 0 Å². The van der Waals surface area contributed by atoms with Crippen LogP contribution in [0.5, 0.6) is 0 Å². The third-order valence-corrected chi connectivity index (χ3v) is 3.93. The van der Waals surface area contributed by atoms with Crippen molar-refractivity contribution in [1.29, 1.82) is 0 Å². The third kappa shape index (κ3) is 1.97. The molecule has 0 bridgehead atoms. The fourth-order valence-corrected chi connectivity index (χ4v) is 2.83. The molecule has 0 aromatic carbocycles. The molecule has 0 radical (unpaired) electrons. The predicted octanol–water partition coefficient (Wildman–Crippen LogP) is 3.02. The summed E-state index contributed by atoms with van der Waals surface area (Å²) in [6.45, 7) is 3.97. The first-order valence-corrected chi connectivity index (χ1v) is 6.95. The normalized spacial score (nSPS) is 19.5. The van der Waals surface area contributed by atoms with Crippen molar-refractivity contribution in [2.24, 2.45) is 0 Å². The van der Waals surface area contributed by atoms with Crippen LogP contribution in [-0.4, -0.2) is 12.9 Å². The van der Waals surface area contributed by atoms with E-state index in [-0.39, 0.29) is 11.5 Å². The molecule has 1 aliphatic rings. The molecule has 0 fully saturated rings. The largest absolute Gasteiger partial charge is 0.460 e. The van der Waals surface area contributed by atoms with E-state index in [1.54, 1.807) is 19.2 Å². The Morgan fingerprint density at radius 3 is 2.59 bits per heavy atom. The minimum absolute atomic E-state index is 0.0149. The highest BCUT2D eigenvalue weighted by molar-refractivity contribution is 6.09. The second-order valence-corrected chi connectivity index (χ2v) is 5.51. The van der Waals surface area contributed by atoms with Crippen LogP contribution in [0.3, 0.4) is 0 Å². The summed E-state index contributed by atoms with van der Waals surface area (Å²) < 4.78 is 16.3. The lowest BCUT2D eigenvalue weighted by atomic mass is 9.77. The van der Waals surface area contributed by atoms with Crippen LogP contribution in [0.1, 0.15) is 47.7 Å². The molecular formula is C17H16O5.